The maximum absolute atomic E-state index is 8.70. The maximum atomic E-state index is 8.70. The molecule has 0 bridgehead atoms. The number of ether oxygens (including phenoxy) is 2. The highest BCUT2D eigenvalue weighted by Crippen LogP contribution is 2.29. The zero-order valence-electron chi connectivity index (χ0n) is 27.0. The van der Waals surface area contributed by atoms with Gasteiger partial charge in [0.1, 0.15) is 22.5 Å². The molecular formula is C38H30BBrN4O6. The van der Waals surface area contributed by atoms with Gasteiger partial charge in [0.15, 0.2) is 11.2 Å². The first-order valence-electron chi connectivity index (χ1n) is 15.3. The van der Waals surface area contributed by atoms with E-state index in [-0.39, 0.29) is 0 Å². The Hall–Kier alpha value is -5.82. The number of aromatic nitrogens is 4. The van der Waals surface area contributed by atoms with Crippen LogP contribution in [0.4, 0.5) is 0 Å². The highest BCUT2D eigenvalue weighted by atomic mass is 79.9. The quantitative estimate of drug-likeness (QED) is 0.165. The summed E-state index contributed by atoms with van der Waals surface area (Å²) in [4.78, 5) is 17.1. The minimum absolute atomic E-state index is 0.464. The van der Waals surface area contributed by atoms with Gasteiger partial charge in [-0.25, -0.2) is 9.97 Å². The first kappa shape index (κ1) is 34.1. The topological polar surface area (TPSA) is 137 Å². The molecule has 0 unspecified atom stereocenters. The van der Waals surface area contributed by atoms with Crippen molar-refractivity contribution < 1.29 is 28.4 Å². The van der Waals surface area contributed by atoms with Crippen LogP contribution in [0.1, 0.15) is 0 Å². The molecule has 0 atom stereocenters. The Morgan fingerprint density at radius 1 is 0.580 bits per heavy atom. The van der Waals surface area contributed by atoms with Gasteiger partial charge in [-0.2, -0.15) is 0 Å². The van der Waals surface area contributed by atoms with Crippen LogP contribution in [0.3, 0.4) is 0 Å². The summed E-state index contributed by atoms with van der Waals surface area (Å²) in [6, 6.07) is 33.9. The Morgan fingerprint density at radius 3 is 1.58 bits per heavy atom. The van der Waals surface area contributed by atoms with E-state index < -0.39 is 7.12 Å². The average Bonchev–Trinajstić information content (AvgIpc) is 3.80. The zero-order valence-corrected chi connectivity index (χ0v) is 28.6. The Balaban J connectivity index is 0.000000139. The van der Waals surface area contributed by atoms with Gasteiger partial charge in [0.2, 0.25) is 11.8 Å². The van der Waals surface area contributed by atoms with E-state index in [1.165, 1.54) is 0 Å². The number of nitrogens with zero attached hydrogens (tertiary/aromatic N) is 4. The predicted octanol–water partition coefficient (Wildman–Crippen LogP) is 7.59. The first-order chi connectivity index (χ1) is 24.4. The molecule has 0 saturated carbocycles. The molecule has 0 spiro atoms. The third-order valence-electron chi connectivity index (χ3n) is 7.39. The fourth-order valence-corrected chi connectivity index (χ4v) is 5.14. The minimum atomic E-state index is -1.40. The lowest BCUT2D eigenvalue weighted by Crippen LogP contribution is -2.29. The molecule has 0 aliphatic carbocycles. The third kappa shape index (κ3) is 8.42. The Labute approximate surface area is 296 Å². The van der Waals surface area contributed by atoms with E-state index in [1.54, 1.807) is 63.3 Å². The SMILES string of the molecule is Brc1ccc2oc(-c3cccnc3)nc2c1.COc1ccc(-c2ccc3oc(-c4cccnc4)nc3c2)cc1.COc1ccc(B(O)O)cc1. The van der Waals surface area contributed by atoms with Gasteiger partial charge >= 0.3 is 7.12 Å². The van der Waals surface area contributed by atoms with Crippen molar-refractivity contribution in [1.82, 2.24) is 19.9 Å². The van der Waals surface area contributed by atoms with Gasteiger partial charge in [-0.1, -0.05) is 46.3 Å². The van der Waals surface area contributed by atoms with Crippen LogP contribution in [0, 0.1) is 0 Å². The molecule has 0 amide bonds. The molecule has 12 heteroatoms. The summed E-state index contributed by atoms with van der Waals surface area (Å²) in [6.45, 7) is 0. The molecule has 0 aliphatic heterocycles. The summed E-state index contributed by atoms with van der Waals surface area (Å²) in [5.41, 5.74) is 7.63. The van der Waals surface area contributed by atoms with Crippen molar-refractivity contribution in [2.45, 2.75) is 0 Å². The van der Waals surface area contributed by atoms with Crippen LogP contribution >= 0.6 is 15.9 Å². The lowest BCUT2D eigenvalue weighted by Gasteiger charge is -2.03. The average molecular weight is 729 g/mol. The summed E-state index contributed by atoms with van der Waals surface area (Å²) in [7, 11) is 1.82. The molecule has 8 rings (SSSR count). The summed E-state index contributed by atoms with van der Waals surface area (Å²) >= 11 is 3.40. The van der Waals surface area contributed by atoms with Gasteiger partial charge < -0.3 is 28.4 Å². The number of hydrogen-bond acceptors (Lipinski definition) is 10. The number of fused-ring (bicyclic) bond motifs is 2. The molecule has 4 heterocycles. The van der Waals surface area contributed by atoms with Gasteiger partial charge in [-0.15, -0.1) is 0 Å². The summed E-state index contributed by atoms with van der Waals surface area (Å²) in [6.07, 6.45) is 6.94. The van der Waals surface area contributed by atoms with Crippen molar-refractivity contribution in [1.29, 1.82) is 0 Å². The molecule has 4 aromatic carbocycles. The zero-order chi connectivity index (χ0) is 34.9. The van der Waals surface area contributed by atoms with Crippen LogP contribution in [0.2, 0.25) is 0 Å². The van der Waals surface area contributed by atoms with Crippen molar-refractivity contribution in [3.8, 4) is 45.5 Å². The van der Waals surface area contributed by atoms with E-state index in [2.05, 4.69) is 35.9 Å². The number of methoxy groups -OCH3 is 2. The smallest absolute Gasteiger partial charge is 0.488 e. The lowest BCUT2D eigenvalue weighted by atomic mass is 9.80. The standard InChI is InChI=1S/C19H14N2O2.C12H7BrN2O.C7H9BO3/c1-22-16-7-4-13(5-8-16)14-6-9-18-17(11-14)21-19(23-18)15-3-2-10-20-12-15;13-9-3-4-11-10(6-9)15-12(16-11)8-2-1-5-14-7-8;1-11-7-4-2-6(3-5-7)8(9)10/h2-12H,1H3;1-7H;2-5,9-10H,1H3. The van der Waals surface area contributed by atoms with Crippen LogP contribution in [-0.2, 0) is 0 Å². The maximum Gasteiger partial charge on any atom is 0.488 e. The molecule has 2 N–H and O–H groups in total. The monoisotopic (exact) mass is 728 g/mol. The van der Waals surface area contributed by atoms with Crippen LogP contribution in [0.25, 0.3) is 56.2 Å². The second-order valence-electron chi connectivity index (χ2n) is 10.7. The minimum Gasteiger partial charge on any atom is -0.497 e. The van der Waals surface area contributed by atoms with E-state index in [1.807, 2.05) is 84.9 Å². The van der Waals surface area contributed by atoms with Crippen LogP contribution in [-0.4, -0.2) is 51.3 Å². The number of rotatable bonds is 6. The molecule has 8 aromatic rings. The molecule has 0 fully saturated rings. The molecule has 4 aromatic heterocycles. The molecule has 0 saturated heterocycles. The van der Waals surface area contributed by atoms with E-state index in [0.29, 0.717) is 23.0 Å². The van der Waals surface area contributed by atoms with Gasteiger partial charge in [-0.3, -0.25) is 9.97 Å². The fourth-order valence-electron chi connectivity index (χ4n) is 4.79. The fraction of sp³-hybridized carbons (Fsp3) is 0.0526. The van der Waals surface area contributed by atoms with E-state index in [9.17, 15) is 0 Å². The Bertz CT molecular complexity index is 2280. The van der Waals surface area contributed by atoms with Gasteiger partial charge in [0, 0.05) is 29.3 Å². The van der Waals surface area contributed by atoms with Crippen molar-refractivity contribution >= 4 is 50.7 Å². The van der Waals surface area contributed by atoms with Crippen molar-refractivity contribution in [3.63, 3.8) is 0 Å². The van der Waals surface area contributed by atoms with Crippen LogP contribution in [0.5, 0.6) is 11.5 Å². The number of halogens is 1. The number of hydrogen-bond donors (Lipinski definition) is 2. The molecule has 10 nitrogen and oxygen atoms in total. The lowest BCUT2D eigenvalue weighted by molar-refractivity contribution is 0.414. The van der Waals surface area contributed by atoms with Crippen LogP contribution < -0.4 is 14.9 Å². The Kier molecular flexibility index (Phi) is 10.9. The molecular weight excluding hydrogens is 699 g/mol. The third-order valence-corrected chi connectivity index (χ3v) is 7.88. The highest BCUT2D eigenvalue weighted by Gasteiger charge is 2.11. The van der Waals surface area contributed by atoms with Gasteiger partial charge in [0.25, 0.3) is 0 Å². The largest absolute Gasteiger partial charge is 0.497 e. The van der Waals surface area contributed by atoms with Gasteiger partial charge in [0.05, 0.1) is 25.3 Å². The van der Waals surface area contributed by atoms with E-state index >= 15 is 0 Å². The van der Waals surface area contributed by atoms with Crippen LogP contribution in [0.15, 0.2) is 147 Å². The van der Waals surface area contributed by atoms with Crippen molar-refractivity contribution in [2.24, 2.45) is 0 Å². The van der Waals surface area contributed by atoms with E-state index in [4.69, 9.17) is 28.4 Å². The number of benzene rings is 4. The number of oxazole rings is 2. The summed E-state index contributed by atoms with van der Waals surface area (Å²) < 4.78 is 22.5. The molecule has 50 heavy (non-hydrogen) atoms. The normalized spacial score (nSPS) is 10.5. The second kappa shape index (κ2) is 16.1. The van der Waals surface area contributed by atoms with E-state index in [0.717, 1.165) is 54.7 Å². The first-order valence-corrected chi connectivity index (χ1v) is 16.1. The second-order valence-corrected chi connectivity index (χ2v) is 11.6. The highest BCUT2D eigenvalue weighted by molar-refractivity contribution is 9.10. The molecule has 0 radical (unpaired) electrons. The predicted molar refractivity (Wildman–Crippen MR) is 197 cm³/mol. The van der Waals surface area contributed by atoms with Crippen molar-refractivity contribution in [3.05, 3.63) is 138 Å². The van der Waals surface area contributed by atoms with Crippen molar-refractivity contribution in [2.75, 3.05) is 14.2 Å². The van der Waals surface area contributed by atoms with Gasteiger partial charge in [-0.05, 0) is 95.5 Å². The molecule has 248 valence electrons. The number of pyridine rings is 2. The molecule has 0 aliphatic rings. The Morgan fingerprint density at radius 2 is 1.08 bits per heavy atom. The summed E-state index contributed by atoms with van der Waals surface area (Å²) in [5, 5.41) is 17.4. The summed E-state index contributed by atoms with van der Waals surface area (Å²) in [5.74, 6) is 2.73.